The van der Waals surface area contributed by atoms with Gasteiger partial charge in [-0.25, -0.2) is 0 Å². The van der Waals surface area contributed by atoms with Crippen LogP contribution in [0.1, 0.15) is 56.9 Å². The Hall–Kier alpha value is -1.15. The second-order valence-corrected chi connectivity index (χ2v) is 9.37. The van der Waals surface area contributed by atoms with Gasteiger partial charge in [0.15, 0.2) is 0 Å². The van der Waals surface area contributed by atoms with E-state index in [-0.39, 0.29) is 5.41 Å². The molecule has 3 atom stereocenters. The number of nitrogens with one attached hydrogen (secondary N) is 1. The molecule has 1 N–H and O–H groups in total. The SMILES string of the molecule is O=C(C[C@@H]1CCNC1)C12CC3CC(C1)CC(c1ccccc1)(C3)C2. The molecule has 2 heteroatoms. The van der Waals surface area contributed by atoms with Crippen molar-refractivity contribution >= 4 is 5.78 Å². The lowest BCUT2D eigenvalue weighted by atomic mass is 9.42. The van der Waals surface area contributed by atoms with Crippen LogP contribution in [0, 0.1) is 23.2 Å². The maximum absolute atomic E-state index is 13.4. The Kier molecular flexibility index (Phi) is 3.42. The van der Waals surface area contributed by atoms with Crippen molar-refractivity contribution in [2.24, 2.45) is 23.2 Å². The minimum Gasteiger partial charge on any atom is -0.316 e. The van der Waals surface area contributed by atoms with Crippen molar-refractivity contribution in [3.63, 3.8) is 0 Å². The second-order valence-electron chi connectivity index (χ2n) is 9.37. The van der Waals surface area contributed by atoms with E-state index in [1.807, 2.05) is 0 Å². The van der Waals surface area contributed by atoms with E-state index in [0.717, 1.165) is 37.8 Å². The van der Waals surface area contributed by atoms with E-state index in [9.17, 15) is 4.79 Å². The Labute approximate surface area is 145 Å². The molecular formula is C22H29NO. The van der Waals surface area contributed by atoms with Gasteiger partial charge in [0, 0.05) is 11.8 Å². The molecule has 0 radical (unpaired) electrons. The summed E-state index contributed by atoms with van der Waals surface area (Å²) in [7, 11) is 0. The molecule has 4 saturated carbocycles. The largest absolute Gasteiger partial charge is 0.316 e. The zero-order valence-corrected chi connectivity index (χ0v) is 14.6. The van der Waals surface area contributed by atoms with Crippen LogP contribution >= 0.6 is 0 Å². The summed E-state index contributed by atoms with van der Waals surface area (Å²) in [5.74, 6) is 2.79. The predicted molar refractivity (Wildman–Crippen MR) is 95.8 cm³/mol. The van der Waals surface area contributed by atoms with Crippen molar-refractivity contribution in [1.82, 2.24) is 5.32 Å². The third-order valence-corrected chi connectivity index (χ3v) is 7.68. The maximum atomic E-state index is 13.4. The molecule has 1 saturated heterocycles. The minimum atomic E-state index is 0.0164. The summed E-state index contributed by atoms with van der Waals surface area (Å²) in [6.07, 6.45) is 9.58. The summed E-state index contributed by atoms with van der Waals surface area (Å²) < 4.78 is 0. The Bertz CT molecular complexity index is 617. The molecule has 24 heavy (non-hydrogen) atoms. The van der Waals surface area contributed by atoms with Gasteiger partial charge in [0.25, 0.3) is 0 Å². The van der Waals surface area contributed by atoms with Crippen LogP contribution in [0.3, 0.4) is 0 Å². The average molecular weight is 323 g/mol. The number of ketones is 1. The molecule has 2 unspecified atom stereocenters. The van der Waals surface area contributed by atoms with Gasteiger partial charge in [0.05, 0.1) is 0 Å². The van der Waals surface area contributed by atoms with E-state index in [4.69, 9.17) is 0 Å². The smallest absolute Gasteiger partial charge is 0.139 e. The normalized spacial score (nSPS) is 43.2. The van der Waals surface area contributed by atoms with Gasteiger partial charge < -0.3 is 5.32 Å². The molecule has 5 aliphatic rings. The van der Waals surface area contributed by atoms with Crippen LogP contribution in [-0.4, -0.2) is 18.9 Å². The predicted octanol–water partition coefficient (Wildman–Crippen LogP) is 4.09. The van der Waals surface area contributed by atoms with Crippen LogP contribution in [0.25, 0.3) is 0 Å². The Morgan fingerprint density at radius 2 is 1.83 bits per heavy atom. The van der Waals surface area contributed by atoms with Crippen LogP contribution in [0.5, 0.6) is 0 Å². The highest BCUT2D eigenvalue weighted by Crippen LogP contribution is 2.66. The molecule has 1 aromatic rings. The molecule has 2 nitrogen and oxygen atoms in total. The molecule has 128 valence electrons. The zero-order valence-electron chi connectivity index (χ0n) is 14.6. The molecule has 1 heterocycles. The Balaban J connectivity index is 1.46. The summed E-state index contributed by atoms with van der Waals surface area (Å²) in [5, 5.41) is 3.43. The fourth-order valence-electron chi connectivity index (χ4n) is 7.09. The number of carbonyl (C=O) groups excluding carboxylic acids is 1. The Morgan fingerprint density at radius 1 is 1.08 bits per heavy atom. The highest BCUT2D eigenvalue weighted by atomic mass is 16.1. The second kappa shape index (κ2) is 5.42. The monoisotopic (exact) mass is 323 g/mol. The van der Waals surface area contributed by atoms with Gasteiger partial charge in [0.2, 0.25) is 0 Å². The lowest BCUT2D eigenvalue weighted by Gasteiger charge is -2.62. The van der Waals surface area contributed by atoms with Gasteiger partial charge in [-0.05, 0) is 86.8 Å². The van der Waals surface area contributed by atoms with E-state index in [0.29, 0.717) is 17.1 Å². The first-order valence-electron chi connectivity index (χ1n) is 9.97. The topological polar surface area (TPSA) is 29.1 Å². The molecule has 0 amide bonds. The molecule has 1 aromatic carbocycles. The van der Waals surface area contributed by atoms with Gasteiger partial charge in [0.1, 0.15) is 5.78 Å². The molecule has 0 spiro atoms. The fraction of sp³-hybridized carbons (Fsp3) is 0.682. The van der Waals surface area contributed by atoms with Crippen molar-refractivity contribution in [3.8, 4) is 0 Å². The third kappa shape index (κ3) is 2.29. The van der Waals surface area contributed by atoms with Crippen molar-refractivity contribution in [1.29, 1.82) is 0 Å². The number of hydrogen-bond acceptors (Lipinski definition) is 2. The summed E-state index contributed by atoms with van der Waals surface area (Å²) in [4.78, 5) is 13.4. The van der Waals surface area contributed by atoms with Crippen molar-refractivity contribution in [2.75, 3.05) is 13.1 Å². The number of hydrogen-bond donors (Lipinski definition) is 1. The molecule has 6 rings (SSSR count). The number of benzene rings is 1. The van der Waals surface area contributed by atoms with Crippen molar-refractivity contribution in [2.45, 2.75) is 56.8 Å². The molecule has 5 fully saturated rings. The first-order chi connectivity index (χ1) is 11.7. The molecular weight excluding hydrogens is 294 g/mol. The van der Waals surface area contributed by atoms with Gasteiger partial charge in [-0.2, -0.15) is 0 Å². The quantitative estimate of drug-likeness (QED) is 0.904. The maximum Gasteiger partial charge on any atom is 0.139 e. The van der Waals surface area contributed by atoms with Crippen LogP contribution in [-0.2, 0) is 10.2 Å². The van der Waals surface area contributed by atoms with Crippen LogP contribution in [0.4, 0.5) is 0 Å². The van der Waals surface area contributed by atoms with Gasteiger partial charge in [-0.3, -0.25) is 4.79 Å². The molecule has 1 aliphatic heterocycles. The van der Waals surface area contributed by atoms with Crippen molar-refractivity contribution in [3.05, 3.63) is 35.9 Å². The van der Waals surface area contributed by atoms with E-state index < -0.39 is 0 Å². The van der Waals surface area contributed by atoms with Gasteiger partial charge >= 0.3 is 0 Å². The van der Waals surface area contributed by atoms with E-state index in [1.54, 1.807) is 0 Å². The van der Waals surface area contributed by atoms with Crippen LogP contribution in [0.2, 0.25) is 0 Å². The fourth-order valence-corrected chi connectivity index (χ4v) is 7.09. The minimum absolute atomic E-state index is 0.0164. The van der Waals surface area contributed by atoms with Gasteiger partial charge in [-0.15, -0.1) is 0 Å². The molecule has 4 bridgehead atoms. The van der Waals surface area contributed by atoms with Crippen LogP contribution in [0.15, 0.2) is 30.3 Å². The summed E-state index contributed by atoms with van der Waals surface area (Å²) in [6, 6.07) is 11.1. The number of rotatable bonds is 4. The first-order valence-corrected chi connectivity index (χ1v) is 9.97. The lowest BCUT2D eigenvalue weighted by Crippen LogP contribution is -2.57. The third-order valence-electron chi connectivity index (χ3n) is 7.68. The highest BCUT2D eigenvalue weighted by molar-refractivity contribution is 5.86. The number of Topliss-reactive ketones (excluding diaryl/α,β-unsaturated/α-hetero) is 1. The molecule has 4 aliphatic carbocycles. The van der Waals surface area contributed by atoms with E-state index >= 15 is 0 Å². The van der Waals surface area contributed by atoms with Gasteiger partial charge in [-0.1, -0.05) is 30.3 Å². The lowest BCUT2D eigenvalue weighted by molar-refractivity contribution is -0.147. The van der Waals surface area contributed by atoms with Crippen LogP contribution < -0.4 is 5.32 Å². The van der Waals surface area contributed by atoms with E-state index in [1.165, 1.54) is 44.1 Å². The number of carbonyl (C=O) groups is 1. The first kappa shape index (κ1) is 15.1. The summed E-state index contributed by atoms with van der Waals surface area (Å²) in [6.45, 7) is 2.16. The average Bonchev–Trinajstić information content (AvgIpc) is 3.07. The summed E-state index contributed by atoms with van der Waals surface area (Å²) >= 11 is 0. The zero-order chi connectivity index (χ0) is 16.2. The molecule has 0 aromatic heterocycles. The summed E-state index contributed by atoms with van der Waals surface area (Å²) in [5.41, 5.74) is 1.83. The van der Waals surface area contributed by atoms with E-state index in [2.05, 4.69) is 35.6 Å². The highest BCUT2D eigenvalue weighted by Gasteiger charge is 2.60. The Morgan fingerprint density at radius 3 is 2.50 bits per heavy atom. The standard InChI is InChI=1S/C22H29NO/c24-20(9-16-6-7-23-14-16)22-12-17-8-18(13-22)11-21(10-17,15-22)19-4-2-1-3-5-19/h1-5,16-18,23H,6-15H2/t16-,17?,18?,21?,22?/m0/s1. The van der Waals surface area contributed by atoms with Crippen molar-refractivity contribution < 1.29 is 4.79 Å².